The fourth-order valence-electron chi connectivity index (χ4n) is 3.99. The molecular weight excluding hydrogens is 719 g/mol. The largest absolute Gasteiger partial charge is 0.470 e. The van der Waals surface area contributed by atoms with E-state index in [-0.39, 0.29) is 25.7 Å². The number of fused-ring (bicyclic) bond motifs is 3. The van der Waals surface area contributed by atoms with Crippen molar-refractivity contribution in [2.45, 2.75) is 53.0 Å². The maximum atomic E-state index is 7.45. The minimum Gasteiger partial charge on any atom is -0.470 e. The first-order chi connectivity index (χ1) is 21.3. The van der Waals surface area contributed by atoms with Gasteiger partial charge in [0.1, 0.15) is 13.5 Å². The van der Waals surface area contributed by atoms with Gasteiger partial charge in [0.25, 0.3) is 0 Å². The van der Waals surface area contributed by atoms with E-state index < -0.39 is 29.9 Å². The Morgan fingerprint density at radius 1 is 0.805 bits per heavy atom. The van der Waals surface area contributed by atoms with E-state index in [9.17, 15) is 0 Å². The molecule has 0 atom stereocenters. The summed E-state index contributed by atoms with van der Waals surface area (Å²) in [7, 11) is -2.98. The average molecular weight is 760 g/mol. The van der Waals surface area contributed by atoms with Gasteiger partial charge in [-0.15, -0.1) is 53.6 Å². The number of oxazole rings is 1. The molecule has 6 nitrogen and oxygen atoms in total. The minimum absolute atomic E-state index is 0. The van der Waals surface area contributed by atoms with E-state index in [4.69, 9.17) is 12.6 Å². The minimum atomic E-state index is -2.18. The van der Waals surface area contributed by atoms with Crippen LogP contribution in [0.3, 0.4) is 0 Å². The molecule has 0 saturated heterocycles. The zero-order valence-electron chi connectivity index (χ0n) is 29.8. The van der Waals surface area contributed by atoms with Crippen molar-refractivity contribution < 1.29 is 32.7 Å². The van der Waals surface area contributed by atoms with Gasteiger partial charge in [-0.1, -0.05) is 76.0 Å². The SMILES string of the molecule is [2H]C([2H])([2H])c1c[c-]c(-c2ccc([Si](C)(C)C)cn2)cc1.[2H]C([2H])([2H])c1ccc(-c2[c-]ccc3c2oc2nc([Si](C)(C)C)nn23)nc1.[Ir]. The number of aromatic nitrogens is 5. The first kappa shape index (κ1) is 23.3. The number of hydrogen-bond donors (Lipinski definition) is 0. The molecule has 6 rings (SSSR count). The third-order valence-corrected chi connectivity index (χ3v) is 9.92. The van der Waals surface area contributed by atoms with Crippen LogP contribution in [0.15, 0.2) is 71.4 Å². The molecular formula is C32H35IrN5OSi2-2. The fourth-order valence-corrected chi connectivity index (χ4v) is 5.85. The Labute approximate surface area is 266 Å². The normalized spacial score (nSPS) is 14.5. The van der Waals surface area contributed by atoms with Crippen molar-refractivity contribution in [3.63, 3.8) is 0 Å². The van der Waals surface area contributed by atoms with Crippen molar-refractivity contribution in [2.75, 3.05) is 0 Å². The molecule has 6 aromatic rings. The molecule has 0 unspecified atom stereocenters. The van der Waals surface area contributed by atoms with E-state index in [1.54, 1.807) is 34.8 Å². The van der Waals surface area contributed by atoms with Crippen LogP contribution in [-0.2, 0) is 20.1 Å². The maximum Gasteiger partial charge on any atom is 0.314 e. The second-order valence-electron chi connectivity index (χ2n) is 11.7. The van der Waals surface area contributed by atoms with Gasteiger partial charge >= 0.3 is 5.84 Å². The average Bonchev–Trinajstić information content (AvgIpc) is 3.56. The molecule has 0 aliphatic rings. The molecule has 41 heavy (non-hydrogen) atoms. The molecule has 2 aromatic carbocycles. The number of benzene rings is 2. The Hall–Kier alpha value is -3.24. The van der Waals surface area contributed by atoms with Crippen LogP contribution in [0.2, 0.25) is 39.3 Å². The Morgan fingerprint density at radius 2 is 1.54 bits per heavy atom. The number of pyridine rings is 2. The van der Waals surface area contributed by atoms with Gasteiger partial charge in [0.05, 0.1) is 13.7 Å². The summed E-state index contributed by atoms with van der Waals surface area (Å²) >= 11 is 0. The summed E-state index contributed by atoms with van der Waals surface area (Å²) in [6.07, 6.45) is 3.29. The Kier molecular flexibility index (Phi) is 6.79. The van der Waals surface area contributed by atoms with Crippen molar-refractivity contribution in [1.82, 2.24) is 24.6 Å². The van der Waals surface area contributed by atoms with Crippen LogP contribution in [0.1, 0.15) is 19.4 Å². The van der Waals surface area contributed by atoms with Gasteiger partial charge in [-0.3, -0.25) is 0 Å². The van der Waals surface area contributed by atoms with Crippen molar-refractivity contribution >= 4 is 43.7 Å². The maximum absolute atomic E-state index is 7.45. The van der Waals surface area contributed by atoms with Crippen LogP contribution < -0.4 is 10.6 Å². The molecule has 4 aromatic heterocycles. The molecule has 0 fully saturated rings. The third kappa shape index (κ3) is 6.81. The number of aryl methyl sites for hydroxylation is 2. The molecule has 1 radical (unpaired) electrons. The van der Waals surface area contributed by atoms with Gasteiger partial charge in [0.15, 0.2) is 0 Å². The molecule has 0 amide bonds. The van der Waals surface area contributed by atoms with Crippen LogP contribution >= 0.6 is 0 Å². The zero-order valence-corrected chi connectivity index (χ0v) is 28.2. The summed E-state index contributed by atoms with van der Waals surface area (Å²) < 4.78 is 52.0. The van der Waals surface area contributed by atoms with Gasteiger partial charge < -0.3 is 14.4 Å². The first-order valence-electron chi connectivity index (χ1n) is 16.0. The summed E-state index contributed by atoms with van der Waals surface area (Å²) in [6.45, 7) is 9.12. The summed E-state index contributed by atoms with van der Waals surface area (Å²) in [5, 5.41) is 5.92. The number of hydrogen-bond acceptors (Lipinski definition) is 5. The predicted molar refractivity (Wildman–Crippen MR) is 169 cm³/mol. The molecule has 213 valence electrons. The number of nitrogens with zero attached hydrogens (tertiary/aromatic N) is 5. The second-order valence-corrected chi connectivity index (χ2v) is 21.7. The van der Waals surface area contributed by atoms with Gasteiger partial charge in [-0.2, -0.15) is 14.6 Å². The summed E-state index contributed by atoms with van der Waals surface area (Å²) in [5.74, 6) is 0.442. The van der Waals surface area contributed by atoms with Crippen LogP contribution in [0, 0.1) is 25.8 Å². The second kappa shape index (κ2) is 11.9. The summed E-state index contributed by atoms with van der Waals surface area (Å²) in [4.78, 5) is 13.3. The van der Waals surface area contributed by atoms with E-state index in [0.717, 1.165) is 22.2 Å². The summed E-state index contributed by atoms with van der Waals surface area (Å²) in [5.41, 5.74) is 5.60. The Morgan fingerprint density at radius 3 is 2.12 bits per heavy atom. The van der Waals surface area contributed by atoms with Gasteiger partial charge in [0, 0.05) is 46.2 Å². The van der Waals surface area contributed by atoms with E-state index in [0.29, 0.717) is 28.2 Å². The Bertz CT molecular complexity index is 1920. The fraction of sp³-hybridized carbons (Fsp3) is 0.250. The monoisotopic (exact) mass is 760 g/mol. The van der Waals surface area contributed by atoms with Gasteiger partial charge in [-0.25, -0.2) is 0 Å². The zero-order chi connectivity index (χ0) is 33.7. The molecule has 0 saturated carbocycles. The smallest absolute Gasteiger partial charge is 0.314 e. The van der Waals surface area contributed by atoms with Crippen molar-refractivity contribution in [3.8, 4) is 22.5 Å². The van der Waals surface area contributed by atoms with Gasteiger partial charge in [0.2, 0.25) is 0 Å². The van der Waals surface area contributed by atoms with E-state index in [2.05, 4.69) is 77.5 Å². The molecule has 0 aliphatic heterocycles. The third-order valence-electron chi connectivity index (χ3n) is 6.34. The quantitative estimate of drug-likeness (QED) is 0.150. The summed E-state index contributed by atoms with van der Waals surface area (Å²) in [6, 6.07) is 22.0. The van der Waals surface area contributed by atoms with E-state index >= 15 is 0 Å². The van der Waals surface area contributed by atoms with E-state index in [1.807, 2.05) is 18.3 Å². The predicted octanol–water partition coefficient (Wildman–Crippen LogP) is 6.59. The standard InChI is InChI=1S/C17H17N4OSi.C15H18NSi.Ir/c1-11-8-9-13(18-10-11)12-6-5-7-14-15(12)22-17-19-16(20-21(14)17)23(2,3)4;1-12-5-7-13(8-6-12)15-10-9-14(11-16-15)17(2,3)4;/h5,7-10H,1-4H3;5-7,9-11H,1-4H3;/q2*-1;/i2*1D3;. The van der Waals surface area contributed by atoms with Crippen molar-refractivity contribution in [3.05, 3.63) is 90.3 Å². The molecule has 9 heteroatoms. The first-order valence-corrected chi connectivity index (χ1v) is 20.0. The molecule has 0 aliphatic carbocycles. The van der Waals surface area contributed by atoms with Crippen molar-refractivity contribution in [1.29, 1.82) is 0 Å². The topological polar surface area (TPSA) is 69.1 Å². The van der Waals surface area contributed by atoms with Crippen molar-refractivity contribution in [2.24, 2.45) is 0 Å². The van der Waals surface area contributed by atoms with Crippen LogP contribution in [0.4, 0.5) is 0 Å². The van der Waals surface area contributed by atoms with Gasteiger partial charge in [-0.05, 0) is 29.0 Å². The van der Waals surface area contributed by atoms with E-state index in [1.165, 1.54) is 17.4 Å². The molecule has 0 N–H and O–H groups in total. The number of rotatable bonds is 4. The molecule has 0 bridgehead atoms. The van der Waals surface area contributed by atoms with Crippen LogP contribution in [-0.4, -0.2) is 40.7 Å². The molecule has 0 spiro atoms. The molecule has 4 heterocycles. The Balaban J connectivity index is 0.000000216. The van der Waals surface area contributed by atoms with Crippen LogP contribution in [0.5, 0.6) is 0 Å². The van der Waals surface area contributed by atoms with Crippen LogP contribution in [0.25, 0.3) is 39.5 Å².